The first kappa shape index (κ1) is 16.9. The number of carbonyl (C=O) groups is 1. The van der Waals surface area contributed by atoms with Crippen molar-refractivity contribution in [3.63, 3.8) is 0 Å². The highest BCUT2D eigenvalue weighted by Gasteiger charge is 2.19. The van der Waals surface area contributed by atoms with Gasteiger partial charge in [-0.2, -0.15) is 4.98 Å². The van der Waals surface area contributed by atoms with Crippen LogP contribution in [0.1, 0.15) is 35.0 Å². The van der Waals surface area contributed by atoms with E-state index in [2.05, 4.69) is 15.5 Å². The van der Waals surface area contributed by atoms with Crippen molar-refractivity contribution in [2.75, 3.05) is 6.79 Å². The summed E-state index contributed by atoms with van der Waals surface area (Å²) >= 11 is 0. The van der Waals surface area contributed by atoms with Crippen LogP contribution < -0.4 is 19.5 Å². The van der Waals surface area contributed by atoms with E-state index < -0.39 is 5.91 Å². The van der Waals surface area contributed by atoms with Crippen molar-refractivity contribution in [2.24, 2.45) is 0 Å². The van der Waals surface area contributed by atoms with Gasteiger partial charge in [-0.3, -0.25) is 4.79 Å². The Morgan fingerprint density at radius 3 is 2.85 bits per heavy atom. The van der Waals surface area contributed by atoms with Gasteiger partial charge in [0.1, 0.15) is 5.75 Å². The zero-order valence-corrected chi connectivity index (χ0v) is 14.5. The van der Waals surface area contributed by atoms with E-state index in [-0.39, 0.29) is 31.2 Å². The number of amides is 1. The summed E-state index contributed by atoms with van der Waals surface area (Å²) in [6.45, 7) is 2.14. The number of carbonyl (C=O) groups excluding carboxylic acids is 1. The summed E-state index contributed by atoms with van der Waals surface area (Å²) in [4.78, 5) is 16.3. The smallest absolute Gasteiger partial charge is 0.316 e. The average molecular weight is 367 g/mol. The molecule has 0 saturated heterocycles. The zero-order valence-electron chi connectivity index (χ0n) is 14.5. The molecule has 27 heavy (non-hydrogen) atoms. The van der Waals surface area contributed by atoms with Crippen molar-refractivity contribution in [1.82, 2.24) is 15.5 Å². The Morgan fingerprint density at radius 1 is 1.19 bits per heavy atom. The summed E-state index contributed by atoms with van der Waals surface area (Å²) in [5.74, 6) is 1.59. The third-order valence-electron chi connectivity index (χ3n) is 4.02. The molecule has 0 aliphatic carbocycles. The summed E-state index contributed by atoms with van der Waals surface area (Å²) in [5, 5.41) is 6.60. The molecule has 0 spiro atoms. The number of hydrogen-bond acceptors (Lipinski definition) is 7. The highest BCUT2D eigenvalue weighted by molar-refractivity contribution is 5.89. The standard InChI is InChI=1S/C19H17N3O5/c1-12(13-5-3-2-4-6-13)20-18(23)19-21-17(22-27-19)10-24-14-7-8-15-16(9-14)26-11-25-15/h2-9,12H,10-11H2,1H3,(H,20,23). The van der Waals surface area contributed by atoms with Gasteiger partial charge in [0.05, 0.1) is 6.04 Å². The van der Waals surface area contributed by atoms with Gasteiger partial charge in [0.15, 0.2) is 18.1 Å². The molecule has 1 aliphatic rings. The maximum Gasteiger partial charge on any atom is 0.316 e. The maximum atomic E-state index is 12.3. The monoisotopic (exact) mass is 367 g/mol. The molecule has 8 heteroatoms. The molecule has 2 heterocycles. The van der Waals surface area contributed by atoms with Gasteiger partial charge in [-0.15, -0.1) is 0 Å². The van der Waals surface area contributed by atoms with Gasteiger partial charge in [0, 0.05) is 6.07 Å². The second-order valence-corrected chi connectivity index (χ2v) is 5.93. The number of nitrogens with zero attached hydrogens (tertiary/aromatic N) is 2. The van der Waals surface area contributed by atoms with Crippen molar-refractivity contribution >= 4 is 5.91 Å². The van der Waals surface area contributed by atoms with Crippen LogP contribution in [0, 0.1) is 0 Å². The van der Waals surface area contributed by atoms with E-state index >= 15 is 0 Å². The van der Waals surface area contributed by atoms with Gasteiger partial charge in [-0.1, -0.05) is 35.5 Å². The van der Waals surface area contributed by atoms with Crippen molar-refractivity contribution in [3.05, 3.63) is 65.8 Å². The molecule has 1 amide bonds. The number of aromatic nitrogens is 2. The fourth-order valence-electron chi connectivity index (χ4n) is 2.60. The Balaban J connectivity index is 1.34. The molecule has 138 valence electrons. The second-order valence-electron chi connectivity index (χ2n) is 5.93. The molecule has 1 N–H and O–H groups in total. The van der Waals surface area contributed by atoms with Crippen LogP contribution in [0.2, 0.25) is 0 Å². The lowest BCUT2D eigenvalue weighted by Gasteiger charge is -2.12. The van der Waals surface area contributed by atoms with Gasteiger partial charge in [-0.25, -0.2) is 0 Å². The fraction of sp³-hybridized carbons (Fsp3) is 0.211. The van der Waals surface area contributed by atoms with E-state index in [1.807, 2.05) is 37.3 Å². The number of ether oxygens (including phenoxy) is 3. The Morgan fingerprint density at radius 2 is 2.00 bits per heavy atom. The number of benzene rings is 2. The predicted molar refractivity (Wildman–Crippen MR) is 93.5 cm³/mol. The van der Waals surface area contributed by atoms with Crippen LogP contribution in [0.25, 0.3) is 0 Å². The van der Waals surface area contributed by atoms with Gasteiger partial charge in [-0.05, 0) is 24.6 Å². The number of nitrogens with one attached hydrogen (secondary N) is 1. The van der Waals surface area contributed by atoms with Gasteiger partial charge in [0.25, 0.3) is 0 Å². The van der Waals surface area contributed by atoms with Crippen molar-refractivity contribution < 1.29 is 23.5 Å². The van der Waals surface area contributed by atoms with Crippen LogP contribution in [-0.2, 0) is 6.61 Å². The molecule has 0 radical (unpaired) electrons. The molecule has 0 fully saturated rings. The first-order valence-electron chi connectivity index (χ1n) is 8.40. The Bertz CT molecular complexity index is 942. The molecule has 1 unspecified atom stereocenters. The van der Waals surface area contributed by atoms with E-state index in [4.69, 9.17) is 18.7 Å². The minimum Gasteiger partial charge on any atom is -0.485 e. The van der Waals surface area contributed by atoms with Crippen molar-refractivity contribution in [1.29, 1.82) is 0 Å². The molecule has 1 aromatic heterocycles. The van der Waals surface area contributed by atoms with Crippen LogP contribution in [0.4, 0.5) is 0 Å². The van der Waals surface area contributed by atoms with Crippen molar-refractivity contribution in [2.45, 2.75) is 19.6 Å². The summed E-state index contributed by atoms with van der Waals surface area (Å²) in [6, 6.07) is 14.7. The first-order valence-corrected chi connectivity index (χ1v) is 8.40. The molecular formula is C19H17N3O5. The number of rotatable bonds is 6. The lowest BCUT2D eigenvalue weighted by Crippen LogP contribution is -2.26. The third kappa shape index (κ3) is 3.84. The predicted octanol–water partition coefficient (Wildman–Crippen LogP) is 2.87. The summed E-state index contributed by atoms with van der Waals surface area (Å²) in [6.07, 6.45) is 0. The molecule has 0 bridgehead atoms. The van der Waals surface area contributed by atoms with Crippen LogP contribution in [-0.4, -0.2) is 22.8 Å². The Kier molecular flexibility index (Phi) is 4.61. The van der Waals surface area contributed by atoms with Crippen LogP contribution in [0.3, 0.4) is 0 Å². The summed E-state index contributed by atoms with van der Waals surface area (Å²) in [7, 11) is 0. The van der Waals surface area contributed by atoms with E-state index in [1.54, 1.807) is 18.2 Å². The molecule has 3 aromatic rings. The molecule has 8 nitrogen and oxygen atoms in total. The topological polar surface area (TPSA) is 95.7 Å². The SMILES string of the molecule is CC(NC(=O)c1nc(COc2ccc3c(c2)OCO3)no1)c1ccccc1. The highest BCUT2D eigenvalue weighted by atomic mass is 16.7. The van der Waals surface area contributed by atoms with Crippen molar-refractivity contribution in [3.8, 4) is 17.2 Å². The van der Waals surface area contributed by atoms with E-state index in [0.29, 0.717) is 17.2 Å². The fourth-order valence-corrected chi connectivity index (χ4v) is 2.60. The summed E-state index contributed by atoms with van der Waals surface area (Å²) < 4.78 is 21.2. The van der Waals surface area contributed by atoms with E-state index in [1.165, 1.54) is 0 Å². The van der Waals surface area contributed by atoms with Crippen LogP contribution in [0.5, 0.6) is 17.2 Å². The molecular weight excluding hydrogens is 350 g/mol. The maximum absolute atomic E-state index is 12.3. The summed E-state index contributed by atoms with van der Waals surface area (Å²) in [5.41, 5.74) is 0.983. The lowest BCUT2D eigenvalue weighted by molar-refractivity contribution is 0.0895. The van der Waals surface area contributed by atoms with Gasteiger partial charge >= 0.3 is 11.8 Å². The number of hydrogen-bond donors (Lipinski definition) is 1. The molecule has 1 atom stereocenters. The van der Waals surface area contributed by atoms with Gasteiger partial charge in [0.2, 0.25) is 12.6 Å². The van der Waals surface area contributed by atoms with E-state index in [0.717, 1.165) is 5.56 Å². The third-order valence-corrected chi connectivity index (χ3v) is 4.02. The Hall–Kier alpha value is -3.55. The minimum atomic E-state index is -0.437. The minimum absolute atomic E-state index is 0.0602. The number of fused-ring (bicyclic) bond motifs is 1. The second kappa shape index (κ2) is 7.36. The average Bonchev–Trinajstić information content (AvgIpc) is 3.36. The zero-order chi connectivity index (χ0) is 18.6. The molecule has 0 saturated carbocycles. The van der Waals surface area contributed by atoms with Crippen LogP contribution in [0.15, 0.2) is 53.1 Å². The quantitative estimate of drug-likeness (QED) is 0.716. The largest absolute Gasteiger partial charge is 0.485 e. The molecule has 2 aromatic carbocycles. The lowest BCUT2D eigenvalue weighted by atomic mass is 10.1. The van der Waals surface area contributed by atoms with Gasteiger partial charge < -0.3 is 24.1 Å². The van der Waals surface area contributed by atoms with E-state index in [9.17, 15) is 4.79 Å². The highest BCUT2D eigenvalue weighted by Crippen LogP contribution is 2.35. The van der Waals surface area contributed by atoms with Crippen LogP contribution >= 0.6 is 0 Å². The first-order chi connectivity index (χ1) is 13.2. The molecule has 1 aliphatic heterocycles. The Labute approximate surface area is 155 Å². The molecule has 4 rings (SSSR count). The normalized spacial score (nSPS) is 13.2.